The zero-order valence-corrected chi connectivity index (χ0v) is 20.1. The van der Waals surface area contributed by atoms with Crippen LogP contribution in [0.2, 0.25) is 0 Å². The molecule has 0 bridgehead atoms. The summed E-state index contributed by atoms with van der Waals surface area (Å²) in [5, 5.41) is 1.07. The van der Waals surface area contributed by atoms with Crippen LogP contribution in [0.15, 0.2) is 59.6 Å². The average molecular weight is 480 g/mol. The topological polar surface area (TPSA) is 90.6 Å². The van der Waals surface area contributed by atoms with Gasteiger partial charge in [-0.15, -0.1) is 0 Å². The van der Waals surface area contributed by atoms with Gasteiger partial charge in [0.15, 0.2) is 9.84 Å². The number of carbonyl (C=O) groups excluding carboxylic acids is 2. The van der Waals surface area contributed by atoms with Gasteiger partial charge in [0.05, 0.1) is 11.3 Å². The molecule has 2 fully saturated rings. The molecule has 7 nitrogen and oxygen atoms in total. The Hall–Kier alpha value is -3.13. The number of nitrogens with zero attached hydrogens (tertiary/aromatic N) is 2. The second kappa shape index (κ2) is 8.58. The molecule has 5 rings (SSSR count). The van der Waals surface area contributed by atoms with E-state index >= 15 is 0 Å². The Balaban J connectivity index is 1.20. The van der Waals surface area contributed by atoms with Crippen molar-refractivity contribution in [3.63, 3.8) is 0 Å². The van der Waals surface area contributed by atoms with Crippen molar-refractivity contribution < 1.29 is 18.0 Å². The van der Waals surface area contributed by atoms with Gasteiger partial charge in [-0.25, -0.2) is 8.42 Å². The number of H-pyrrole nitrogens is 1. The van der Waals surface area contributed by atoms with Crippen LogP contribution in [0.4, 0.5) is 0 Å². The van der Waals surface area contributed by atoms with E-state index in [1.54, 1.807) is 29.2 Å². The standard InChI is InChI=1S/C26H29N3O4S/c1-19-6-8-21(9-7-19)34(32,33)16-25(31)29-13-11-26(18-29)10-12-28(17-26)24(30)14-20-15-27-23-5-3-2-4-22(20)23/h2-9,15,27H,10-14,16-18H2,1H3. The summed E-state index contributed by atoms with van der Waals surface area (Å²) in [7, 11) is -3.68. The number of para-hydroxylation sites is 1. The highest BCUT2D eigenvalue weighted by atomic mass is 32.2. The van der Waals surface area contributed by atoms with Crippen molar-refractivity contribution >= 4 is 32.6 Å². The van der Waals surface area contributed by atoms with Crippen LogP contribution in [0.1, 0.15) is 24.0 Å². The first-order valence-electron chi connectivity index (χ1n) is 11.6. The molecule has 3 heterocycles. The molecule has 0 aliphatic carbocycles. The highest BCUT2D eigenvalue weighted by Crippen LogP contribution is 2.40. The van der Waals surface area contributed by atoms with Crippen molar-refractivity contribution in [3.05, 3.63) is 65.9 Å². The molecule has 2 amide bonds. The lowest BCUT2D eigenvalue weighted by molar-refractivity contribution is -0.129. The highest BCUT2D eigenvalue weighted by Gasteiger charge is 2.46. The number of aryl methyl sites for hydroxylation is 1. The van der Waals surface area contributed by atoms with Gasteiger partial charge in [0, 0.05) is 48.7 Å². The second-order valence-corrected chi connectivity index (χ2v) is 11.7. The number of benzene rings is 2. The number of amides is 2. The number of hydrogen-bond acceptors (Lipinski definition) is 4. The van der Waals surface area contributed by atoms with E-state index in [4.69, 9.17) is 0 Å². The van der Waals surface area contributed by atoms with E-state index in [-0.39, 0.29) is 22.1 Å². The van der Waals surface area contributed by atoms with E-state index in [0.717, 1.165) is 34.9 Å². The number of rotatable bonds is 5. The number of aromatic amines is 1. The normalized spacial score (nSPS) is 20.5. The van der Waals surface area contributed by atoms with Gasteiger partial charge in [-0.1, -0.05) is 35.9 Å². The van der Waals surface area contributed by atoms with E-state index < -0.39 is 15.6 Å². The molecule has 1 unspecified atom stereocenters. The lowest BCUT2D eigenvalue weighted by Gasteiger charge is -2.25. The SMILES string of the molecule is Cc1ccc(S(=O)(=O)CC(=O)N2CCC3(CCN(C(=O)Cc4c[nH]c5ccccc45)C3)C2)cc1. The summed E-state index contributed by atoms with van der Waals surface area (Å²) in [6.07, 6.45) is 3.87. The van der Waals surface area contributed by atoms with E-state index in [1.165, 1.54) is 0 Å². The van der Waals surface area contributed by atoms with Gasteiger partial charge in [0.1, 0.15) is 5.75 Å². The summed E-state index contributed by atoms with van der Waals surface area (Å²) in [5.41, 5.74) is 2.84. The number of carbonyl (C=O) groups is 2. The number of nitrogens with one attached hydrogen (secondary N) is 1. The molecule has 3 aromatic rings. The zero-order chi connectivity index (χ0) is 23.9. The summed E-state index contributed by atoms with van der Waals surface area (Å²) in [6, 6.07) is 14.5. The van der Waals surface area contributed by atoms with E-state index in [9.17, 15) is 18.0 Å². The van der Waals surface area contributed by atoms with Gasteiger partial charge in [-0.05, 0) is 43.5 Å². The number of aromatic nitrogens is 1. The maximum atomic E-state index is 13.0. The van der Waals surface area contributed by atoms with Gasteiger partial charge >= 0.3 is 0 Å². The molecule has 2 saturated heterocycles. The van der Waals surface area contributed by atoms with Crippen molar-refractivity contribution in [2.45, 2.75) is 31.1 Å². The molecule has 178 valence electrons. The lowest BCUT2D eigenvalue weighted by Crippen LogP contribution is -2.38. The number of likely N-dealkylation sites (tertiary alicyclic amines) is 2. The van der Waals surface area contributed by atoms with Crippen LogP contribution in [0.3, 0.4) is 0 Å². The number of fused-ring (bicyclic) bond motifs is 1. The number of sulfone groups is 1. The third-order valence-electron chi connectivity index (χ3n) is 7.29. The Morgan fingerprint density at radius 3 is 2.29 bits per heavy atom. The molecule has 1 N–H and O–H groups in total. The maximum absolute atomic E-state index is 13.0. The third kappa shape index (κ3) is 4.34. The van der Waals surface area contributed by atoms with Gasteiger partial charge in [0.25, 0.3) is 0 Å². The van der Waals surface area contributed by atoms with Crippen molar-refractivity contribution in [2.75, 3.05) is 31.9 Å². The molecule has 2 aliphatic rings. The minimum Gasteiger partial charge on any atom is -0.361 e. The molecule has 0 saturated carbocycles. The Morgan fingerprint density at radius 2 is 1.59 bits per heavy atom. The Kier molecular flexibility index (Phi) is 5.72. The largest absolute Gasteiger partial charge is 0.361 e. The van der Waals surface area contributed by atoms with Gasteiger partial charge in [0.2, 0.25) is 11.8 Å². The smallest absolute Gasteiger partial charge is 0.238 e. The minimum absolute atomic E-state index is 0.0911. The van der Waals surface area contributed by atoms with E-state index in [2.05, 4.69) is 4.98 Å². The molecule has 1 spiro atoms. The fraction of sp³-hybridized carbons (Fsp3) is 0.385. The van der Waals surface area contributed by atoms with Gasteiger partial charge in [-0.2, -0.15) is 0 Å². The predicted octanol–water partition coefficient (Wildman–Crippen LogP) is 2.94. The van der Waals surface area contributed by atoms with Crippen molar-refractivity contribution in [3.8, 4) is 0 Å². The fourth-order valence-corrected chi connectivity index (χ4v) is 6.49. The molecule has 2 aliphatic heterocycles. The van der Waals surface area contributed by atoms with Gasteiger partial charge in [-0.3, -0.25) is 9.59 Å². The van der Waals surface area contributed by atoms with Crippen LogP contribution in [0.5, 0.6) is 0 Å². The summed E-state index contributed by atoms with van der Waals surface area (Å²) >= 11 is 0. The molecular weight excluding hydrogens is 450 g/mol. The van der Waals surface area contributed by atoms with Crippen molar-refractivity contribution in [1.82, 2.24) is 14.8 Å². The van der Waals surface area contributed by atoms with Crippen LogP contribution in [-0.4, -0.2) is 66.9 Å². The van der Waals surface area contributed by atoms with Crippen LogP contribution < -0.4 is 0 Å². The summed E-state index contributed by atoms with van der Waals surface area (Å²) in [4.78, 5) is 32.9. The summed E-state index contributed by atoms with van der Waals surface area (Å²) in [5.74, 6) is -0.788. The molecule has 1 atom stereocenters. The van der Waals surface area contributed by atoms with Crippen molar-refractivity contribution in [2.24, 2.45) is 5.41 Å². The van der Waals surface area contributed by atoms with Crippen LogP contribution in [0.25, 0.3) is 10.9 Å². The van der Waals surface area contributed by atoms with E-state index in [0.29, 0.717) is 32.6 Å². The Labute approximate surface area is 199 Å². The van der Waals surface area contributed by atoms with Crippen LogP contribution in [0, 0.1) is 12.3 Å². The molecule has 2 aromatic carbocycles. The average Bonchev–Trinajstić information content (AvgIpc) is 3.54. The maximum Gasteiger partial charge on any atom is 0.238 e. The van der Waals surface area contributed by atoms with E-state index in [1.807, 2.05) is 42.3 Å². The highest BCUT2D eigenvalue weighted by molar-refractivity contribution is 7.92. The molecule has 8 heteroatoms. The minimum atomic E-state index is -3.68. The first-order chi connectivity index (χ1) is 16.2. The predicted molar refractivity (Wildman–Crippen MR) is 130 cm³/mol. The monoisotopic (exact) mass is 479 g/mol. The molecule has 0 radical (unpaired) electrons. The summed E-state index contributed by atoms with van der Waals surface area (Å²) in [6.45, 7) is 4.22. The van der Waals surface area contributed by atoms with Crippen LogP contribution >= 0.6 is 0 Å². The fourth-order valence-electron chi connectivity index (χ4n) is 5.26. The summed E-state index contributed by atoms with van der Waals surface area (Å²) < 4.78 is 25.4. The number of hydrogen-bond donors (Lipinski definition) is 1. The first-order valence-corrected chi connectivity index (χ1v) is 13.3. The third-order valence-corrected chi connectivity index (χ3v) is 8.91. The zero-order valence-electron chi connectivity index (χ0n) is 19.3. The Bertz CT molecular complexity index is 1350. The molecular formula is C26H29N3O4S. The van der Waals surface area contributed by atoms with Crippen molar-refractivity contribution in [1.29, 1.82) is 0 Å². The van der Waals surface area contributed by atoms with Crippen LogP contribution in [-0.2, 0) is 25.8 Å². The first kappa shape index (κ1) is 22.7. The Morgan fingerprint density at radius 1 is 0.941 bits per heavy atom. The van der Waals surface area contributed by atoms with Gasteiger partial charge < -0.3 is 14.8 Å². The molecule has 1 aromatic heterocycles. The second-order valence-electron chi connectivity index (χ2n) is 9.74. The quantitative estimate of drug-likeness (QED) is 0.609. The molecule has 34 heavy (non-hydrogen) atoms. The lowest BCUT2D eigenvalue weighted by atomic mass is 9.86.